The van der Waals surface area contributed by atoms with E-state index in [9.17, 15) is 13.6 Å². The van der Waals surface area contributed by atoms with Crippen LogP contribution in [-0.2, 0) is 4.79 Å². The Morgan fingerprint density at radius 2 is 2.00 bits per heavy atom. The number of carbonyl (C=O) groups is 1. The Hall–Kier alpha value is -1.32. The van der Waals surface area contributed by atoms with E-state index >= 15 is 0 Å². The highest BCUT2D eigenvalue weighted by atomic mass is 19.1. The molecule has 1 aromatic rings. The lowest BCUT2D eigenvalue weighted by atomic mass is 9.77. The third kappa shape index (κ3) is 3.62. The number of nitrogens with zero attached hydrogens (tertiary/aromatic N) is 1. The lowest BCUT2D eigenvalue weighted by Gasteiger charge is -2.27. The lowest BCUT2D eigenvalue weighted by molar-refractivity contribution is -0.124. The molecule has 0 radical (unpaired) electrons. The number of Topliss-reactive ketones (excluding diaryl/α,β-unsaturated/α-hetero) is 1. The van der Waals surface area contributed by atoms with Crippen LogP contribution < -0.4 is 0 Å². The van der Waals surface area contributed by atoms with E-state index in [1.54, 1.807) is 0 Å². The summed E-state index contributed by atoms with van der Waals surface area (Å²) >= 11 is 0. The number of halogens is 2. The van der Waals surface area contributed by atoms with E-state index < -0.39 is 11.6 Å². The number of carbonyl (C=O) groups excluding carboxylic acids is 1. The highest BCUT2D eigenvalue weighted by molar-refractivity contribution is 5.81. The zero-order valence-corrected chi connectivity index (χ0v) is 11.9. The Bertz CT molecular complexity index is 468. The third-order valence-corrected chi connectivity index (χ3v) is 4.18. The molecule has 110 valence electrons. The maximum Gasteiger partial charge on any atom is 0.147 e. The fraction of sp³-hybridized carbons (Fsp3) is 0.625. The van der Waals surface area contributed by atoms with Gasteiger partial charge in [-0.3, -0.25) is 9.78 Å². The van der Waals surface area contributed by atoms with Crippen LogP contribution in [0.5, 0.6) is 0 Å². The normalized spacial score (nSPS) is 22.8. The summed E-state index contributed by atoms with van der Waals surface area (Å²) in [7, 11) is 0. The molecule has 0 amide bonds. The van der Waals surface area contributed by atoms with Gasteiger partial charge >= 0.3 is 0 Å². The van der Waals surface area contributed by atoms with Crippen LogP contribution in [0.15, 0.2) is 12.3 Å². The van der Waals surface area contributed by atoms with Crippen molar-refractivity contribution in [3.63, 3.8) is 0 Å². The smallest absolute Gasteiger partial charge is 0.147 e. The van der Waals surface area contributed by atoms with E-state index in [0.29, 0.717) is 17.9 Å². The zero-order valence-electron chi connectivity index (χ0n) is 11.9. The standard InChI is InChI=1S/C16H21F2NO/c1-2-3-4-15(20)11-5-7-12(8-6-11)16-14(18)9-13(17)10-19-16/h9-12H,2-8H2,1H3. The lowest BCUT2D eigenvalue weighted by Crippen LogP contribution is -2.22. The first-order valence-electron chi connectivity index (χ1n) is 7.45. The molecule has 0 spiro atoms. The van der Waals surface area contributed by atoms with Gasteiger partial charge in [0.05, 0.1) is 11.9 Å². The molecule has 0 N–H and O–H groups in total. The van der Waals surface area contributed by atoms with Crippen molar-refractivity contribution < 1.29 is 13.6 Å². The SMILES string of the molecule is CCCCC(=O)C1CCC(c2ncc(F)cc2F)CC1. The highest BCUT2D eigenvalue weighted by Crippen LogP contribution is 2.36. The van der Waals surface area contributed by atoms with Crippen LogP contribution in [0.3, 0.4) is 0 Å². The molecule has 1 saturated carbocycles. The molecular weight excluding hydrogens is 260 g/mol. The Balaban J connectivity index is 1.92. The van der Waals surface area contributed by atoms with Crippen LogP contribution in [0, 0.1) is 17.6 Å². The Kier molecular flexibility index (Phi) is 5.21. The van der Waals surface area contributed by atoms with Gasteiger partial charge in [0.1, 0.15) is 17.4 Å². The van der Waals surface area contributed by atoms with Crippen LogP contribution in [-0.4, -0.2) is 10.8 Å². The van der Waals surface area contributed by atoms with E-state index in [2.05, 4.69) is 11.9 Å². The van der Waals surface area contributed by atoms with Crippen molar-refractivity contribution in [3.8, 4) is 0 Å². The molecule has 2 nitrogen and oxygen atoms in total. The maximum atomic E-state index is 13.7. The first-order chi connectivity index (χ1) is 9.61. The van der Waals surface area contributed by atoms with E-state index in [0.717, 1.165) is 50.8 Å². The number of aromatic nitrogens is 1. The molecule has 0 saturated heterocycles. The summed E-state index contributed by atoms with van der Waals surface area (Å²) in [5, 5.41) is 0. The van der Waals surface area contributed by atoms with Crippen LogP contribution in [0.2, 0.25) is 0 Å². The Morgan fingerprint density at radius 1 is 1.30 bits per heavy atom. The van der Waals surface area contributed by atoms with Gasteiger partial charge in [-0.25, -0.2) is 8.78 Å². The second-order valence-electron chi connectivity index (χ2n) is 5.64. The summed E-state index contributed by atoms with van der Waals surface area (Å²) in [5.41, 5.74) is 0.353. The third-order valence-electron chi connectivity index (χ3n) is 4.18. The van der Waals surface area contributed by atoms with Gasteiger partial charge in [-0.05, 0) is 32.1 Å². The average Bonchev–Trinajstić information content (AvgIpc) is 2.45. The van der Waals surface area contributed by atoms with Gasteiger partial charge in [0.25, 0.3) is 0 Å². The molecule has 0 atom stereocenters. The fourth-order valence-electron chi connectivity index (χ4n) is 2.97. The Labute approximate surface area is 118 Å². The summed E-state index contributed by atoms with van der Waals surface area (Å²) in [6.07, 6.45) is 6.83. The summed E-state index contributed by atoms with van der Waals surface area (Å²) in [5.74, 6) is -0.717. The van der Waals surface area contributed by atoms with Crippen LogP contribution in [0.4, 0.5) is 8.78 Å². The van der Waals surface area contributed by atoms with Crippen molar-refractivity contribution in [2.75, 3.05) is 0 Å². The van der Waals surface area contributed by atoms with Crippen molar-refractivity contribution >= 4 is 5.78 Å². The quantitative estimate of drug-likeness (QED) is 0.801. The van der Waals surface area contributed by atoms with Gasteiger partial charge in [-0.1, -0.05) is 13.3 Å². The minimum Gasteiger partial charge on any atom is -0.299 e. The first kappa shape index (κ1) is 15.1. The minimum absolute atomic E-state index is 0.0193. The molecule has 1 aliphatic rings. The number of hydrogen-bond donors (Lipinski definition) is 0. The topological polar surface area (TPSA) is 30.0 Å². The number of rotatable bonds is 5. The van der Waals surface area contributed by atoms with Crippen molar-refractivity contribution in [1.29, 1.82) is 0 Å². The van der Waals surface area contributed by atoms with Crippen molar-refractivity contribution in [1.82, 2.24) is 4.98 Å². The van der Waals surface area contributed by atoms with Crippen LogP contribution in [0.1, 0.15) is 63.5 Å². The molecule has 2 rings (SSSR count). The van der Waals surface area contributed by atoms with Crippen molar-refractivity contribution in [3.05, 3.63) is 29.6 Å². The molecule has 4 heteroatoms. The largest absolute Gasteiger partial charge is 0.299 e. The van der Waals surface area contributed by atoms with Gasteiger partial charge < -0.3 is 0 Å². The molecule has 0 aliphatic heterocycles. The predicted molar refractivity (Wildman–Crippen MR) is 73.4 cm³/mol. The summed E-state index contributed by atoms with van der Waals surface area (Å²) in [4.78, 5) is 15.9. The van der Waals surface area contributed by atoms with Crippen molar-refractivity contribution in [2.45, 2.75) is 57.8 Å². The predicted octanol–water partition coefficient (Wildman–Crippen LogP) is 4.39. The fourth-order valence-corrected chi connectivity index (χ4v) is 2.97. The molecule has 1 aromatic heterocycles. The van der Waals surface area contributed by atoms with Crippen LogP contribution in [0.25, 0.3) is 0 Å². The van der Waals surface area contributed by atoms with Crippen molar-refractivity contribution in [2.24, 2.45) is 5.92 Å². The summed E-state index contributed by atoms with van der Waals surface area (Å²) in [6.45, 7) is 2.08. The number of hydrogen-bond acceptors (Lipinski definition) is 2. The van der Waals surface area contributed by atoms with E-state index in [-0.39, 0.29) is 11.8 Å². The molecule has 1 heterocycles. The van der Waals surface area contributed by atoms with Gasteiger partial charge in [0.15, 0.2) is 0 Å². The zero-order chi connectivity index (χ0) is 14.5. The Morgan fingerprint density at radius 3 is 2.60 bits per heavy atom. The van der Waals surface area contributed by atoms with Gasteiger partial charge in [0.2, 0.25) is 0 Å². The molecule has 1 aliphatic carbocycles. The average molecular weight is 281 g/mol. The summed E-state index contributed by atoms with van der Waals surface area (Å²) in [6, 6.07) is 0.890. The van der Waals surface area contributed by atoms with Crippen LogP contribution >= 0.6 is 0 Å². The molecule has 20 heavy (non-hydrogen) atoms. The summed E-state index contributed by atoms with van der Waals surface area (Å²) < 4.78 is 26.5. The van der Waals surface area contributed by atoms with E-state index in [4.69, 9.17) is 0 Å². The molecule has 1 fully saturated rings. The monoisotopic (exact) mass is 281 g/mol. The van der Waals surface area contributed by atoms with E-state index in [1.165, 1.54) is 0 Å². The number of ketones is 1. The van der Waals surface area contributed by atoms with E-state index in [1.807, 2.05) is 0 Å². The van der Waals surface area contributed by atoms with Gasteiger partial charge in [-0.2, -0.15) is 0 Å². The maximum absolute atomic E-state index is 13.7. The molecular formula is C16H21F2NO. The van der Waals surface area contributed by atoms with Gasteiger partial charge in [0, 0.05) is 24.3 Å². The molecule has 0 aromatic carbocycles. The molecule has 0 bridgehead atoms. The highest BCUT2D eigenvalue weighted by Gasteiger charge is 2.28. The second kappa shape index (κ2) is 6.91. The second-order valence-corrected chi connectivity index (χ2v) is 5.64. The number of unbranched alkanes of at least 4 members (excludes halogenated alkanes) is 1. The first-order valence-corrected chi connectivity index (χ1v) is 7.45. The molecule has 0 unspecified atom stereocenters. The minimum atomic E-state index is -0.644. The number of pyridine rings is 1. The van der Waals surface area contributed by atoms with Gasteiger partial charge in [-0.15, -0.1) is 0 Å².